The molecule has 2 N–H and O–H groups in total. The highest BCUT2D eigenvalue weighted by atomic mass is 127. The normalized spacial score (nSPS) is 37.1. The molecule has 1 aliphatic carbocycles. The van der Waals surface area contributed by atoms with Crippen LogP contribution < -0.4 is 34.0 Å². The minimum Gasteiger partial charge on any atom is -1.00 e. The highest BCUT2D eigenvalue weighted by molar-refractivity contribution is 5.94. The smallest absolute Gasteiger partial charge is 0.335 e. The van der Waals surface area contributed by atoms with E-state index < -0.39 is 6.10 Å². The lowest BCUT2D eigenvalue weighted by atomic mass is 9.59. The fraction of sp³-hybridized carbons (Fsp3) is 0.591. The lowest BCUT2D eigenvalue weighted by molar-refractivity contribution is -0.933. The molecule has 1 aromatic carbocycles. The van der Waals surface area contributed by atoms with Crippen LogP contribution in [-0.4, -0.2) is 62.1 Å². The lowest BCUT2D eigenvalue weighted by Gasteiger charge is -2.54. The number of para-hydroxylation sites is 1. The van der Waals surface area contributed by atoms with Crippen molar-refractivity contribution in [2.45, 2.75) is 37.3 Å². The van der Waals surface area contributed by atoms with Gasteiger partial charge in [-0.05, 0) is 18.6 Å². The maximum absolute atomic E-state index is 13.0. The molecule has 2 bridgehead atoms. The van der Waals surface area contributed by atoms with Gasteiger partial charge in [0, 0.05) is 30.4 Å². The molecule has 0 amide bonds. The first-order valence-electron chi connectivity index (χ1n) is 10.2. The van der Waals surface area contributed by atoms with Crippen LogP contribution in [0.1, 0.15) is 25.3 Å². The Morgan fingerprint density at radius 2 is 2.14 bits per heavy atom. The largest absolute Gasteiger partial charge is 1.00 e. The number of carbonyl (C=O) groups is 1. The number of hydrogen-bond acceptors (Lipinski definition) is 5. The first-order valence-corrected chi connectivity index (χ1v) is 10.2. The molecule has 0 radical (unpaired) electrons. The van der Waals surface area contributed by atoms with Gasteiger partial charge in [0.1, 0.15) is 11.8 Å². The number of nitrogens with one attached hydrogen (secondary N) is 1. The second-order valence-electron chi connectivity index (χ2n) is 9.16. The van der Waals surface area contributed by atoms with Gasteiger partial charge >= 0.3 is 5.97 Å². The van der Waals surface area contributed by atoms with Crippen molar-refractivity contribution in [3.63, 3.8) is 0 Å². The van der Waals surface area contributed by atoms with Crippen molar-refractivity contribution in [2.75, 3.05) is 39.7 Å². The molecule has 29 heavy (non-hydrogen) atoms. The zero-order valence-corrected chi connectivity index (χ0v) is 19.5. The first-order chi connectivity index (χ1) is 13.4. The van der Waals surface area contributed by atoms with Gasteiger partial charge in [0.25, 0.3) is 0 Å². The van der Waals surface area contributed by atoms with Crippen molar-refractivity contribution < 1.29 is 47.8 Å². The summed E-state index contributed by atoms with van der Waals surface area (Å²) in [5.74, 6) is 0.593. The zero-order chi connectivity index (χ0) is 19.8. The number of aliphatic hydroxyl groups excluding tert-OH is 1. The van der Waals surface area contributed by atoms with E-state index in [0.717, 1.165) is 53.1 Å². The van der Waals surface area contributed by atoms with Crippen LogP contribution in [0.15, 0.2) is 29.5 Å². The van der Waals surface area contributed by atoms with Crippen molar-refractivity contribution in [1.29, 1.82) is 0 Å². The van der Waals surface area contributed by atoms with E-state index in [2.05, 4.69) is 18.4 Å². The number of ether oxygens (including phenoxy) is 2. The molecule has 1 spiro atoms. The SMILES string of the molecule is COC(=O)C1=C2Nc3c(OC)cccc3[C@@]23CC[N+]2(C)C[C@@H]([C@H](C)O)[C@@H]1C[C@@H]32.[I-]. The van der Waals surface area contributed by atoms with Crippen molar-refractivity contribution >= 4 is 11.7 Å². The predicted molar refractivity (Wildman–Crippen MR) is 105 cm³/mol. The van der Waals surface area contributed by atoms with E-state index in [1.54, 1.807) is 7.11 Å². The number of carbonyl (C=O) groups excluding carboxylic acids is 1. The Kier molecular flexibility index (Phi) is 4.94. The summed E-state index contributed by atoms with van der Waals surface area (Å²) in [5.41, 5.74) is 3.74. The summed E-state index contributed by atoms with van der Waals surface area (Å²) in [7, 11) is 5.46. The number of benzene rings is 1. The summed E-state index contributed by atoms with van der Waals surface area (Å²) in [6, 6.07) is 6.58. The molecule has 4 aliphatic rings. The number of esters is 1. The van der Waals surface area contributed by atoms with E-state index in [1.807, 2.05) is 19.1 Å². The summed E-state index contributed by atoms with van der Waals surface area (Å²) in [5, 5.41) is 14.2. The average Bonchev–Trinajstić information content (AvgIpc) is 3.20. The number of quaternary nitrogens is 1. The molecule has 7 heteroatoms. The summed E-state index contributed by atoms with van der Waals surface area (Å²) >= 11 is 0. The molecule has 0 aromatic heterocycles. The van der Waals surface area contributed by atoms with Gasteiger partial charge in [-0.1, -0.05) is 12.1 Å². The summed E-state index contributed by atoms with van der Waals surface area (Å²) in [6.07, 6.45) is 1.42. The number of anilines is 1. The van der Waals surface area contributed by atoms with E-state index in [-0.39, 0.29) is 47.2 Å². The van der Waals surface area contributed by atoms with Gasteiger partial charge in [-0.2, -0.15) is 0 Å². The number of hydrogen-bond donors (Lipinski definition) is 2. The number of rotatable bonds is 3. The van der Waals surface area contributed by atoms with Gasteiger partial charge in [0.05, 0.1) is 57.1 Å². The predicted octanol–water partition coefficient (Wildman–Crippen LogP) is -0.961. The Labute approximate surface area is 188 Å². The van der Waals surface area contributed by atoms with E-state index in [0.29, 0.717) is 6.04 Å². The standard InChI is InChI=1S/C22H28N2O4.HI/c1-12(25)14-11-24(2)9-8-22-15-6-5-7-16(27-3)19(15)23-20(22)18(21(26)28-4)13(14)10-17(22)24;/h5-7,12-14,17,25H,8-11H2,1-4H3;1H/t12-,13-,14-,17-,22+,24?;/m0./s1. The van der Waals surface area contributed by atoms with Gasteiger partial charge in [-0.15, -0.1) is 0 Å². The van der Waals surface area contributed by atoms with Gasteiger partial charge < -0.3 is 48.4 Å². The monoisotopic (exact) mass is 512 g/mol. The quantitative estimate of drug-likeness (QED) is 0.311. The third kappa shape index (κ3) is 2.50. The minimum absolute atomic E-state index is 0. The number of nitrogens with zero attached hydrogens (tertiary/aromatic N) is 1. The van der Waals surface area contributed by atoms with Crippen LogP contribution in [0.4, 0.5) is 5.69 Å². The second-order valence-corrected chi connectivity index (χ2v) is 9.16. The van der Waals surface area contributed by atoms with Crippen LogP contribution >= 0.6 is 0 Å². The van der Waals surface area contributed by atoms with E-state index >= 15 is 0 Å². The van der Waals surface area contributed by atoms with Crippen molar-refractivity contribution in [3.05, 3.63) is 35.0 Å². The van der Waals surface area contributed by atoms with Gasteiger partial charge in [-0.25, -0.2) is 4.79 Å². The minimum atomic E-state index is -0.465. The molecule has 1 unspecified atom stereocenters. The molecule has 2 saturated heterocycles. The van der Waals surface area contributed by atoms with Gasteiger partial charge in [0.2, 0.25) is 0 Å². The van der Waals surface area contributed by atoms with Crippen LogP contribution in [0, 0.1) is 11.8 Å². The third-order valence-corrected chi connectivity index (χ3v) is 8.05. The zero-order valence-electron chi connectivity index (χ0n) is 17.4. The van der Waals surface area contributed by atoms with Crippen LogP contribution in [0.5, 0.6) is 5.75 Å². The Morgan fingerprint density at radius 1 is 1.38 bits per heavy atom. The summed E-state index contributed by atoms with van der Waals surface area (Å²) in [4.78, 5) is 13.0. The summed E-state index contributed by atoms with van der Waals surface area (Å²) < 4.78 is 11.8. The molecule has 3 aliphatic heterocycles. The second kappa shape index (κ2) is 6.85. The van der Waals surface area contributed by atoms with Crippen LogP contribution in [0.2, 0.25) is 0 Å². The first kappa shape index (κ1) is 20.9. The summed E-state index contributed by atoms with van der Waals surface area (Å²) in [6.45, 7) is 3.78. The van der Waals surface area contributed by atoms with E-state index in [9.17, 15) is 9.90 Å². The van der Waals surface area contributed by atoms with Crippen LogP contribution in [0.3, 0.4) is 0 Å². The number of piperidine rings is 1. The fourth-order valence-electron chi connectivity index (χ4n) is 6.84. The van der Waals surface area contributed by atoms with Crippen molar-refractivity contribution in [3.8, 4) is 5.75 Å². The maximum atomic E-state index is 13.0. The van der Waals surface area contributed by atoms with Gasteiger partial charge in [0.15, 0.2) is 0 Å². The molecule has 6 atom stereocenters. The van der Waals surface area contributed by atoms with E-state index in [1.165, 1.54) is 12.7 Å². The molecule has 158 valence electrons. The number of likely N-dealkylation sites (N-methyl/N-ethyl adjacent to an activating group) is 1. The number of methoxy groups -OCH3 is 2. The Morgan fingerprint density at radius 3 is 2.79 bits per heavy atom. The third-order valence-electron chi connectivity index (χ3n) is 8.05. The highest BCUT2D eigenvalue weighted by Gasteiger charge is 2.69. The molecule has 1 aromatic rings. The molecule has 6 nitrogen and oxygen atoms in total. The highest BCUT2D eigenvalue weighted by Crippen LogP contribution is 2.64. The maximum Gasteiger partial charge on any atom is 0.335 e. The topological polar surface area (TPSA) is 67.8 Å². The van der Waals surface area contributed by atoms with Crippen molar-refractivity contribution in [1.82, 2.24) is 0 Å². The molecule has 0 saturated carbocycles. The van der Waals surface area contributed by atoms with Crippen LogP contribution in [-0.2, 0) is 14.9 Å². The number of halogens is 1. The molecular weight excluding hydrogens is 483 g/mol. The van der Waals surface area contributed by atoms with Crippen molar-refractivity contribution in [2.24, 2.45) is 11.8 Å². The van der Waals surface area contributed by atoms with Crippen LogP contribution in [0.25, 0.3) is 0 Å². The molecule has 2 fully saturated rings. The lowest BCUT2D eigenvalue weighted by Crippen LogP contribution is -3.00. The Hall–Kier alpha value is -1.32. The van der Waals surface area contributed by atoms with E-state index in [4.69, 9.17) is 9.47 Å². The molecule has 3 heterocycles. The number of aliphatic hydroxyl groups is 1. The molecular formula is C22H29IN2O4. The van der Waals surface area contributed by atoms with Gasteiger partial charge in [-0.3, -0.25) is 0 Å². The average molecular weight is 512 g/mol. The number of fused-ring (bicyclic) bond motifs is 2. The Bertz CT molecular complexity index is 901. The fourth-order valence-corrected chi connectivity index (χ4v) is 6.84. The Balaban J connectivity index is 0.00000205. The molecule has 5 rings (SSSR count).